The van der Waals surface area contributed by atoms with Gasteiger partial charge in [-0.25, -0.2) is 4.79 Å². The lowest BCUT2D eigenvalue weighted by Crippen LogP contribution is -2.32. The molecule has 0 radical (unpaired) electrons. The van der Waals surface area contributed by atoms with Crippen LogP contribution in [-0.2, 0) is 9.53 Å². The van der Waals surface area contributed by atoms with E-state index in [4.69, 9.17) is 24.7 Å². The highest BCUT2D eigenvalue weighted by Crippen LogP contribution is 2.44. The third kappa shape index (κ3) is 3.10. The van der Waals surface area contributed by atoms with Gasteiger partial charge in [-0.05, 0) is 25.1 Å². The summed E-state index contributed by atoms with van der Waals surface area (Å²) < 4.78 is 21.2. The van der Waals surface area contributed by atoms with Crippen molar-refractivity contribution in [1.82, 2.24) is 4.98 Å². The molecule has 3 N–H and O–H groups in total. The number of carbonyl (C=O) groups excluding carboxylic acids is 1. The smallest absolute Gasteiger partial charge is 0.340 e. The van der Waals surface area contributed by atoms with Crippen LogP contribution in [0.1, 0.15) is 22.7 Å². The van der Waals surface area contributed by atoms with Crippen molar-refractivity contribution in [2.45, 2.75) is 12.8 Å². The second-order valence-corrected chi connectivity index (χ2v) is 5.97. The van der Waals surface area contributed by atoms with Crippen LogP contribution in [0.25, 0.3) is 0 Å². The number of ether oxygens (including phenoxy) is 4. The molecular formula is C19H20N2O6. The molecule has 0 amide bonds. The number of hydrogen-bond acceptors (Lipinski definition) is 7. The maximum absolute atomic E-state index is 12.8. The topological polar surface area (TPSA) is 113 Å². The first-order chi connectivity index (χ1) is 12.9. The van der Waals surface area contributed by atoms with E-state index in [2.05, 4.69) is 4.98 Å². The quantitative estimate of drug-likeness (QED) is 0.783. The standard InChI is InChI=1S/C19H20N2O6/c1-9-7-13-15(18(22)21-9)14(16(17(20)27-13)19(23)26-4)11-8-10(24-2)5-6-12(11)25-3/h5-8,14H,20H2,1-4H3,(H,21,22)/t14-/m0/s1. The molecule has 0 saturated heterocycles. The molecule has 8 heteroatoms. The van der Waals surface area contributed by atoms with E-state index in [1.807, 2.05) is 0 Å². The normalized spacial score (nSPS) is 15.6. The van der Waals surface area contributed by atoms with Crippen molar-refractivity contribution in [2.24, 2.45) is 5.73 Å². The highest BCUT2D eigenvalue weighted by atomic mass is 16.5. The van der Waals surface area contributed by atoms with Gasteiger partial charge in [0.25, 0.3) is 5.56 Å². The monoisotopic (exact) mass is 372 g/mol. The fourth-order valence-electron chi connectivity index (χ4n) is 3.19. The first-order valence-corrected chi connectivity index (χ1v) is 8.12. The van der Waals surface area contributed by atoms with Gasteiger partial charge in [0, 0.05) is 17.3 Å². The van der Waals surface area contributed by atoms with Crippen LogP contribution in [0.3, 0.4) is 0 Å². The summed E-state index contributed by atoms with van der Waals surface area (Å²) in [5.41, 5.74) is 7.02. The summed E-state index contributed by atoms with van der Waals surface area (Å²) in [4.78, 5) is 28.0. The van der Waals surface area contributed by atoms with Crippen molar-refractivity contribution in [3.8, 4) is 17.2 Å². The van der Waals surface area contributed by atoms with E-state index < -0.39 is 17.4 Å². The molecule has 3 rings (SSSR count). The molecule has 2 aromatic rings. The lowest BCUT2D eigenvalue weighted by molar-refractivity contribution is -0.136. The van der Waals surface area contributed by atoms with E-state index in [-0.39, 0.29) is 22.8 Å². The fraction of sp³-hybridized carbons (Fsp3) is 0.263. The number of aryl methyl sites for hydroxylation is 1. The number of aromatic amines is 1. The molecule has 1 aromatic carbocycles. The minimum atomic E-state index is -0.851. The zero-order valence-corrected chi connectivity index (χ0v) is 15.4. The van der Waals surface area contributed by atoms with E-state index in [9.17, 15) is 9.59 Å². The molecular weight excluding hydrogens is 352 g/mol. The number of nitrogens with two attached hydrogens (primary N) is 1. The van der Waals surface area contributed by atoms with Crippen molar-refractivity contribution in [1.29, 1.82) is 0 Å². The Balaban J connectivity index is 2.37. The van der Waals surface area contributed by atoms with Crippen LogP contribution in [0, 0.1) is 6.92 Å². The highest BCUT2D eigenvalue weighted by molar-refractivity contribution is 5.92. The highest BCUT2D eigenvalue weighted by Gasteiger charge is 2.39. The Morgan fingerprint density at radius 3 is 2.56 bits per heavy atom. The predicted molar refractivity (Wildman–Crippen MR) is 97.0 cm³/mol. The third-order valence-electron chi connectivity index (χ3n) is 4.38. The van der Waals surface area contributed by atoms with Gasteiger partial charge < -0.3 is 29.7 Å². The summed E-state index contributed by atoms with van der Waals surface area (Å²) in [5, 5.41) is 0. The first kappa shape index (κ1) is 18.4. The van der Waals surface area contributed by atoms with Gasteiger partial charge in [0.2, 0.25) is 5.88 Å². The van der Waals surface area contributed by atoms with Crippen LogP contribution in [-0.4, -0.2) is 32.3 Å². The average molecular weight is 372 g/mol. The molecule has 0 spiro atoms. The molecule has 0 fully saturated rings. The summed E-state index contributed by atoms with van der Waals surface area (Å²) >= 11 is 0. The van der Waals surface area contributed by atoms with Gasteiger partial charge >= 0.3 is 5.97 Å². The molecule has 1 aromatic heterocycles. The van der Waals surface area contributed by atoms with Gasteiger partial charge in [0.05, 0.1) is 32.8 Å². The second kappa shape index (κ2) is 7.06. The predicted octanol–water partition coefficient (Wildman–Crippen LogP) is 1.57. The van der Waals surface area contributed by atoms with Crippen molar-refractivity contribution in [3.63, 3.8) is 0 Å². The van der Waals surface area contributed by atoms with Crippen LogP contribution in [0.4, 0.5) is 0 Å². The fourth-order valence-corrected chi connectivity index (χ4v) is 3.19. The third-order valence-corrected chi connectivity index (χ3v) is 4.38. The van der Waals surface area contributed by atoms with Gasteiger partial charge in [-0.3, -0.25) is 4.79 Å². The number of methoxy groups -OCH3 is 3. The van der Waals surface area contributed by atoms with Crippen LogP contribution >= 0.6 is 0 Å². The van der Waals surface area contributed by atoms with Crippen molar-refractivity contribution in [3.05, 3.63) is 62.9 Å². The molecule has 0 bridgehead atoms. The van der Waals surface area contributed by atoms with Gasteiger partial charge in [0.15, 0.2) is 0 Å². The lowest BCUT2D eigenvalue weighted by Gasteiger charge is -2.28. The van der Waals surface area contributed by atoms with E-state index in [0.717, 1.165) is 0 Å². The molecule has 8 nitrogen and oxygen atoms in total. The number of fused-ring (bicyclic) bond motifs is 1. The number of hydrogen-bond donors (Lipinski definition) is 2. The summed E-state index contributed by atoms with van der Waals surface area (Å²) in [7, 11) is 4.25. The number of benzene rings is 1. The molecule has 0 saturated carbocycles. The molecule has 27 heavy (non-hydrogen) atoms. The van der Waals surface area contributed by atoms with Crippen molar-refractivity contribution >= 4 is 5.97 Å². The number of H-pyrrole nitrogens is 1. The number of aromatic nitrogens is 1. The van der Waals surface area contributed by atoms with E-state index in [1.54, 1.807) is 31.2 Å². The summed E-state index contributed by atoms with van der Waals surface area (Å²) in [6, 6.07) is 6.75. The maximum Gasteiger partial charge on any atom is 0.340 e. The minimum absolute atomic E-state index is 0.0194. The molecule has 1 atom stereocenters. The van der Waals surface area contributed by atoms with Gasteiger partial charge in [0.1, 0.15) is 22.8 Å². The zero-order valence-electron chi connectivity index (χ0n) is 15.4. The number of rotatable bonds is 4. The Morgan fingerprint density at radius 2 is 1.93 bits per heavy atom. The molecule has 2 heterocycles. The second-order valence-electron chi connectivity index (χ2n) is 5.97. The Kier molecular flexibility index (Phi) is 4.81. The molecule has 1 aliphatic rings. The van der Waals surface area contributed by atoms with Gasteiger partial charge in [-0.1, -0.05) is 0 Å². The zero-order chi connectivity index (χ0) is 19.7. The van der Waals surface area contributed by atoms with Gasteiger partial charge in [-0.15, -0.1) is 0 Å². The van der Waals surface area contributed by atoms with Crippen LogP contribution in [0.5, 0.6) is 17.2 Å². The van der Waals surface area contributed by atoms with Crippen molar-refractivity contribution < 1.29 is 23.7 Å². The maximum atomic E-state index is 12.8. The summed E-state index contributed by atoms with van der Waals surface area (Å²) in [6.45, 7) is 1.72. The largest absolute Gasteiger partial charge is 0.497 e. The lowest BCUT2D eigenvalue weighted by atomic mass is 9.83. The van der Waals surface area contributed by atoms with E-state index >= 15 is 0 Å². The van der Waals surface area contributed by atoms with Gasteiger partial charge in [-0.2, -0.15) is 0 Å². The van der Waals surface area contributed by atoms with E-state index in [1.165, 1.54) is 21.3 Å². The Hall–Kier alpha value is -3.42. The average Bonchev–Trinajstić information content (AvgIpc) is 2.65. The molecule has 142 valence electrons. The Bertz CT molecular complexity index is 992. The number of esters is 1. The number of nitrogens with one attached hydrogen (secondary N) is 1. The van der Waals surface area contributed by atoms with Crippen LogP contribution in [0.2, 0.25) is 0 Å². The molecule has 1 aliphatic heterocycles. The SMILES string of the molecule is COC(=O)C1=C(N)Oc2cc(C)[nH]c(=O)c2[C@@H]1c1cc(OC)ccc1OC. The summed E-state index contributed by atoms with van der Waals surface area (Å²) in [6.07, 6.45) is 0. The summed E-state index contributed by atoms with van der Waals surface area (Å²) in [5.74, 6) is -0.415. The number of carbonyl (C=O) groups is 1. The van der Waals surface area contributed by atoms with E-state index in [0.29, 0.717) is 22.8 Å². The molecule has 0 unspecified atom stereocenters. The molecule has 0 aliphatic carbocycles. The van der Waals surface area contributed by atoms with Crippen LogP contribution in [0.15, 0.2) is 40.5 Å². The van der Waals surface area contributed by atoms with Crippen LogP contribution < -0.4 is 25.5 Å². The number of pyridine rings is 1. The van der Waals surface area contributed by atoms with Crippen molar-refractivity contribution in [2.75, 3.05) is 21.3 Å². The Labute approximate surface area is 155 Å². The Morgan fingerprint density at radius 1 is 1.19 bits per heavy atom. The first-order valence-electron chi connectivity index (χ1n) is 8.12. The minimum Gasteiger partial charge on any atom is -0.497 e.